The Bertz CT molecular complexity index is 146. The van der Waals surface area contributed by atoms with Gasteiger partial charge in [0.1, 0.15) is 6.34 Å². The molecule has 0 aliphatic heterocycles. The second kappa shape index (κ2) is 3.61. The van der Waals surface area contributed by atoms with E-state index in [-0.39, 0.29) is 5.96 Å². The normalized spacial score (nSPS) is 8.38. The molecule has 0 aliphatic carbocycles. The number of hydrogen-bond donors (Lipinski definition) is 2. The van der Waals surface area contributed by atoms with E-state index in [1.807, 2.05) is 0 Å². The fourth-order valence-electron chi connectivity index (χ4n) is 0.121. The Labute approximate surface area is 46.3 Å². The molecular formula is C3H5N5. The van der Waals surface area contributed by atoms with Gasteiger partial charge in [0, 0.05) is 0 Å². The molecule has 0 radical (unpaired) electrons. The molecule has 4 N–H and O–H groups in total. The molecule has 0 aromatic heterocycles. The van der Waals surface area contributed by atoms with E-state index in [2.05, 4.69) is 9.98 Å². The quantitative estimate of drug-likeness (QED) is 0.251. The van der Waals surface area contributed by atoms with Crippen LogP contribution in [-0.2, 0) is 0 Å². The number of nitriles is 1. The third-order valence-electron chi connectivity index (χ3n) is 0.322. The van der Waals surface area contributed by atoms with Gasteiger partial charge in [0.15, 0.2) is 5.96 Å². The zero-order chi connectivity index (χ0) is 6.41. The summed E-state index contributed by atoms with van der Waals surface area (Å²) in [5, 5.41) is 7.78. The molecular weight excluding hydrogens is 106 g/mol. The first kappa shape index (κ1) is 6.43. The van der Waals surface area contributed by atoms with E-state index in [1.54, 1.807) is 0 Å². The maximum atomic E-state index is 7.78. The Morgan fingerprint density at radius 1 is 1.62 bits per heavy atom. The van der Waals surface area contributed by atoms with E-state index in [0.29, 0.717) is 0 Å². The van der Waals surface area contributed by atoms with Gasteiger partial charge in [-0.3, -0.25) is 0 Å². The minimum Gasteiger partial charge on any atom is -0.370 e. The zero-order valence-corrected chi connectivity index (χ0v) is 4.07. The standard InChI is InChI=1S/C3H5N5/c4-1-7-2-8-3(5)6/h2H,(H4,5,6,7,8). The predicted molar refractivity (Wildman–Crippen MR) is 29.9 cm³/mol. The van der Waals surface area contributed by atoms with E-state index in [9.17, 15) is 0 Å². The first-order valence-corrected chi connectivity index (χ1v) is 1.76. The summed E-state index contributed by atoms with van der Waals surface area (Å²) in [4.78, 5) is 6.32. The van der Waals surface area contributed by atoms with Crippen LogP contribution in [0.2, 0.25) is 0 Å². The van der Waals surface area contributed by atoms with Gasteiger partial charge in [-0.25, -0.2) is 4.99 Å². The SMILES string of the molecule is N#CN=CN=C(N)N. The van der Waals surface area contributed by atoms with Crippen LogP contribution < -0.4 is 11.5 Å². The van der Waals surface area contributed by atoms with Crippen LogP contribution in [0, 0.1) is 11.5 Å². The molecule has 5 heteroatoms. The molecule has 0 saturated heterocycles. The highest BCUT2D eigenvalue weighted by Crippen LogP contribution is 1.58. The molecule has 0 aliphatic rings. The Morgan fingerprint density at radius 2 is 2.25 bits per heavy atom. The number of guanidine groups is 1. The first-order valence-electron chi connectivity index (χ1n) is 1.76. The smallest absolute Gasteiger partial charge is 0.207 e. The van der Waals surface area contributed by atoms with Crippen molar-refractivity contribution >= 4 is 12.3 Å². The van der Waals surface area contributed by atoms with Gasteiger partial charge in [-0.1, -0.05) is 0 Å². The third-order valence-corrected chi connectivity index (χ3v) is 0.322. The monoisotopic (exact) mass is 111 g/mol. The molecule has 8 heavy (non-hydrogen) atoms. The van der Waals surface area contributed by atoms with Crippen LogP contribution >= 0.6 is 0 Å². The van der Waals surface area contributed by atoms with Gasteiger partial charge in [-0.2, -0.15) is 10.3 Å². The van der Waals surface area contributed by atoms with Crippen LogP contribution in [0.4, 0.5) is 0 Å². The molecule has 0 aromatic rings. The number of rotatable bonds is 1. The molecule has 0 amide bonds. The molecule has 5 nitrogen and oxygen atoms in total. The van der Waals surface area contributed by atoms with E-state index in [1.165, 1.54) is 6.19 Å². The molecule has 0 fully saturated rings. The van der Waals surface area contributed by atoms with Crippen LogP contribution in [0.15, 0.2) is 9.98 Å². The second-order valence-electron chi connectivity index (χ2n) is 0.899. The first-order chi connectivity index (χ1) is 3.77. The lowest BCUT2D eigenvalue weighted by atomic mass is 11.0. The van der Waals surface area contributed by atoms with Crippen LogP contribution in [0.25, 0.3) is 0 Å². The number of aliphatic imine (C=N–C) groups is 2. The topological polar surface area (TPSA) is 101 Å². The van der Waals surface area contributed by atoms with Gasteiger partial charge in [0.25, 0.3) is 0 Å². The van der Waals surface area contributed by atoms with Crippen molar-refractivity contribution in [2.75, 3.05) is 0 Å². The molecule has 0 aromatic carbocycles. The number of nitrogens with two attached hydrogens (primary N) is 2. The van der Waals surface area contributed by atoms with Crippen molar-refractivity contribution in [3.8, 4) is 6.19 Å². The van der Waals surface area contributed by atoms with Crippen LogP contribution in [0.5, 0.6) is 0 Å². The summed E-state index contributed by atoms with van der Waals surface area (Å²) in [5.41, 5.74) is 9.72. The van der Waals surface area contributed by atoms with Crippen molar-refractivity contribution < 1.29 is 0 Å². The van der Waals surface area contributed by atoms with Gasteiger partial charge in [-0.15, -0.1) is 0 Å². The summed E-state index contributed by atoms with van der Waals surface area (Å²) < 4.78 is 0. The van der Waals surface area contributed by atoms with Crippen molar-refractivity contribution in [1.29, 1.82) is 5.26 Å². The van der Waals surface area contributed by atoms with Crippen molar-refractivity contribution in [3.05, 3.63) is 0 Å². The Morgan fingerprint density at radius 3 is 2.62 bits per heavy atom. The van der Waals surface area contributed by atoms with E-state index >= 15 is 0 Å². The molecule has 0 rings (SSSR count). The minimum atomic E-state index is -0.107. The fraction of sp³-hybridized carbons (Fsp3) is 0. The van der Waals surface area contributed by atoms with Crippen LogP contribution in [-0.4, -0.2) is 12.3 Å². The van der Waals surface area contributed by atoms with Crippen molar-refractivity contribution in [3.63, 3.8) is 0 Å². The van der Waals surface area contributed by atoms with Gasteiger partial charge in [0.2, 0.25) is 6.19 Å². The largest absolute Gasteiger partial charge is 0.370 e. The lowest BCUT2D eigenvalue weighted by Gasteiger charge is -1.78. The zero-order valence-electron chi connectivity index (χ0n) is 4.07. The molecule has 0 unspecified atom stereocenters. The molecule has 0 saturated carbocycles. The number of nitrogens with zero attached hydrogens (tertiary/aromatic N) is 3. The lowest BCUT2D eigenvalue weighted by molar-refractivity contribution is 1.43. The maximum absolute atomic E-state index is 7.78. The Hall–Kier alpha value is -1.57. The summed E-state index contributed by atoms with van der Waals surface area (Å²) >= 11 is 0. The Balaban J connectivity index is 3.63. The van der Waals surface area contributed by atoms with Crippen molar-refractivity contribution in [2.24, 2.45) is 21.5 Å². The second-order valence-corrected chi connectivity index (χ2v) is 0.899. The van der Waals surface area contributed by atoms with E-state index in [4.69, 9.17) is 16.7 Å². The average molecular weight is 111 g/mol. The summed E-state index contributed by atoms with van der Waals surface area (Å²) in [6, 6.07) is 0. The lowest BCUT2D eigenvalue weighted by Crippen LogP contribution is -2.22. The summed E-state index contributed by atoms with van der Waals surface area (Å²) in [5.74, 6) is -0.107. The van der Waals surface area contributed by atoms with Crippen LogP contribution in [0.3, 0.4) is 0 Å². The molecule has 0 heterocycles. The summed E-state index contributed by atoms with van der Waals surface area (Å²) in [6.45, 7) is 0. The van der Waals surface area contributed by atoms with E-state index in [0.717, 1.165) is 6.34 Å². The maximum Gasteiger partial charge on any atom is 0.207 e. The van der Waals surface area contributed by atoms with Gasteiger partial charge in [-0.05, 0) is 0 Å². The van der Waals surface area contributed by atoms with Crippen LogP contribution in [0.1, 0.15) is 0 Å². The highest BCUT2D eigenvalue weighted by Gasteiger charge is 1.69. The molecule has 0 spiro atoms. The summed E-state index contributed by atoms with van der Waals surface area (Å²) in [7, 11) is 0. The van der Waals surface area contributed by atoms with Crippen molar-refractivity contribution in [2.45, 2.75) is 0 Å². The highest BCUT2D eigenvalue weighted by molar-refractivity contribution is 5.84. The van der Waals surface area contributed by atoms with Gasteiger partial charge in [0.05, 0.1) is 0 Å². The summed E-state index contributed by atoms with van der Waals surface area (Å²) in [6.07, 6.45) is 2.46. The van der Waals surface area contributed by atoms with Gasteiger partial charge < -0.3 is 11.5 Å². The van der Waals surface area contributed by atoms with E-state index < -0.39 is 0 Å². The predicted octanol–water partition coefficient (Wildman–Crippen LogP) is -1.23. The van der Waals surface area contributed by atoms with Crippen molar-refractivity contribution in [1.82, 2.24) is 0 Å². The third kappa shape index (κ3) is 4.43. The fourth-order valence-corrected chi connectivity index (χ4v) is 0.121. The number of hydrogen-bond acceptors (Lipinski definition) is 2. The minimum absolute atomic E-state index is 0.107. The highest BCUT2D eigenvalue weighted by atomic mass is 15.0. The van der Waals surface area contributed by atoms with Gasteiger partial charge >= 0.3 is 0 Å². The molecule has 42 valence electrons. The molecule has 0 atom stereocenters. The average Bonchev–Trinajstić information content (AvgIpc) is 1.66. The molecule has 0 bridgehead atoms. The Kier molecular flexibility index (Phi) is 2.90.